The topological polar surface area (TPSA) is 75.4 Å². The third kappa shape index (κ3) is 3.59. The number of hydrogen-bond donors (Lipinski definition) is 1. The predicted octanol–water partition coefficient (Wildman–Crippen LogP) is 1.25. The van der Waals surface area contributed by atoms with Crippen molar-refractivity contribution in [3.63, 3.8) is 0 Å². The highest BCUT2D eigenvalue weighted by Crippen LogP contribution is 2.14. The van der Waals surface area contributed by atoms with Crippen LogP contribution in [-0.2, 0) is 16.1 Å². The van der Waals surface area contributed by atoms with Crippen LogP contribution in [0.4, 0.5) is 0 Å². The molecule has 1 aliphatic heterocycles. The summed E-state index contributed by atoms with van der Waals surface area (Å²) < 4.78 is 5.41. The Bertz CT molecular complexity index is 496. The van der Waals surface area contributed by atoms with E-state index < -0.39 is 6.04 Å². The maximum absolute atomic E-state index is 12.5. The second-order valence-electron chi connectivity index (χ2n) is 5.62. The van der Waals surface area contributed by atoms with Gasteiger partial charge in [-0.2, -0.15) is 0 Å². The van der Waals surface area contributed by atoms with Gasteiger partial charge in [0.25, 0.3) is 0 Å². The van der Waals surface area contributed by atoms with Crippen LogP contribution < -0.4 is 5.32 Å². The van der Waals surface area contributed by atoms with Crippen molar-refractivity contribution in [3.05, 3.63) is 17.8 Å². The molecule has 0 radical (unpaired) electrons. The van der Waals surface area contributed by atoms with E-state index in [1.807, 2.05) is 20.8 Å². The number of aromatic nitrogens is 1. The number of carbonyl (C=O) groups excluding carboxylic acids is 2. The summed E-state index contributed by atoms with van der Waals surface area (Å²) in [7, 11) is 0. The Morgan fingerprint density at radius 1 is 1.50 bits per heavy atom. The molecule has 1 N–H and O–H groups in total. The van der Waals surface area contributed by atoms with E-state index in [0.29, 0.717) is 37.7 Å². The summed E-state index contributed by atoms with van der Waals surface area (Å²) in [4.78, 5) is 29.9. The zero-order chi connectivity index (χ0) is 14.7. The van der Waals surface area contributed by atoms with Gasteiger partial charge in [0.05, 0.1) is 12.7 Å². The lowest BCUT2D eigenvalue weighted by Crippen LogP contribution is -2.45. The summed E-state index contributed by atoms with van der Waals surface area (Å²) >= 11 is 0. The molecule has 0 bridgehead atoms. The minimum Gasteiger partial charge on any atom is -0.444 e. The Morgan fingerprint density at radius 2 is 2.25 bits per heavy atom. The fraction of sp³-hybridized carbons (Fsp3) is 0.643. The fourth-order valence-electron chi connectivity index (χ4n) is 2.32. The zero-order valence-electron chi connectivity index (χ0n) is 12.2. The standard InChI is InChI=1S/C14H21N3O3/c1-9(2)6-11-14(19)17(5-4-12(18)16-11)8-13-15-7-10(3)20-13/h7,9,11H,4-6,8H2,1-3H3,(H,16,18). The molecular formula is C14H21N3O3. The molecule has 2 amide bonds. The average Bonchev–Trinajstić information content (AvgIpc) is 2.72. The quantitative estimate of drug-likeness (QED) is 0.900. The highest BCUT2D eigenvalue weighted by molar-refractivity contribution is 5.89. The van der Waals surface area contributed by atoms with Crippen molar-refractivity contribution in [2.24, 2.45) is 5.92 Å². The van der Waals surface area contributed by atoms with E-state index in [9.17, 15) is 9.59 Å². The summed E-state index contributed by atoms with van der Waals surface area (Å²) in [5.41, 5.74) is 0. The van der Waals surface area contributed by atoms with Crippen LogP contribution in [0.15, 0.2) is 10.6 Å². The van der Waals surface area contributed by atoms with Gasteiger partial charge in [-0.3, -0.25) is 9.59 Å². The van der Waals surface area contributed by atoms with Crippen LogP contribution in [0.1, 0.15) is 38.3 Å². The molecule has 1 atom stereocenters. The number of nitrogens with zero attached hydrogens (tertiary/aromatic N) is 2. The van der Waals surface area contributed by atoms with E-state index in [4.69, 9.17) is 4.42 Å². The second kappa shape index (κ2) is 6.07. The molecule has 20 heavy (non-hydrogen) atoms. The van der Waals surface area contributed by atoms with Gasteiger partial charge in [0.15, 0.2) is 0 Å². The van der Waals surface area contributed by atoms with Gasteiger partial charge >= 0.3 is 0 Å². The van der Waals surface area contributed by atoms with Crippen molar-refractivity contribution in [1.29, 1.82) is 0 Å². The third-order valence-electron chi connectivity index (χ3n) is 3.26. The van der Waals surface area contributed by atoms with E-state index >= 15 is 0 Å². The Labute approximate surface area is 118 Å². The molecule has 2 rings (SSSR count). The maximum atomic E-state index is 12.5. The first-order valence-electron chi connectivity index (χ1n) is 6.95. The summed E-state index contributed by atoms with van der Waals surface area (Å²) in [5.74, 6) is 1.44. The zero-order valence-corrected chi connectivity index (χ0v) is 12.2. The van der Waals surface area contributed by atoms with Crippen molar-refractivity contribution in [2.45, 2.75) is 46.2 Å². The Hall–Kier alpha value is -1.85. The molecule has 0 saturated carbocycles. The molecule has 0 spiro atoms. The van der Waals surface area contributed by atoms with Gasteiger partial charge < -0.3 is 14.6 Å². The van der Waals surface area contributed by atoms with Crippen LogP contribution >= 0.6 is 0 Å². The highest BCUT2D eigenvalue weighted by Gasteiger charge is 2.30. The van der Waals surface area contributed by atoms with Crippen LogP contribution in [0, 0.1) is 12.8 Å². The van der Waals surface area contributed by atoms with Crippen molar-refractivity contribution >= 4 is 11.8 Å². The van der Waals surface area contributed by atoms with Crippen LogP contribution in [0.2, 0.25) is 0 Å². The third-order valence-corrected chi connectivity index (χ3v) is 3.26. The summed E-state index contributed by atoms with van der Waals surface area (Å²) in [6, 6.07) is -0.443. The van der Waals surface area contributed by atoms with Crippen LogP contribution in [-0.4, -0.2) is 34.3 Å². The van der Waals surface area contributed by atoms with Crippen molar-refractivity contribution < 1.29 is 14.0 Å². The number of oxazole rings is 1. The van der Waals surface area contributed by atoms with Gasteiger partial charge in [-0.1, -0.05) is 13.8 Å². The van der Waals surface area contributed by atoms with Crippen molar-refractivity contribution in [3.8, 4) is 0 Å². The molecular weight excluding hydrogens is 258 g/mol. The van der Waals surface area contributed by atoms with Gasteiger partial charge in [-0.25, -0.2) is 4.98 Å². The van der Waals surface area contributed by atoms with Gasteiger partial charge in [0.1, 0.15) is 11.8 Å². The highest BCUT2D eigenvalue weighted by atomic mass is 16.4. The number of carbonyl (C=O) groups is 2. The lowest BCUT2D eigenvalue weighted by molar-refractivity contribution is -0.134. The number of nitrogens with one attached hydrogen (secondary N) is 1. The molecule has 0 aromatic carbocycles. The smallest absolute Gasteiger partial charge is 0.245 e. The first-order valence-corrected chi connectivity index (χ1v) is 6.95. The molecule has 6 nitrogen and oxygen atoms in total. The monoisotopic (exact) mass is 279 g/mol. The molecule has 2 heterocycles. The van der Waals surface area contributed by atoms with Gasteiger partial charge in [-0.15, -0.1) is 0 Å². The molecule has 1 unspecified atom stereocenters. The van der Waals surface area contributed by atoms with Crippen LogP contribution in [0.3, 0.4) is 0 Å². The molecule has 110 valence electrons. The first-order chi connectivity index (χ1) is 9.45. The lowest BCUT2D eigenvalue weighted by Gasteiger charge is -2.23. The normalized spacial score (nSPS) is 20.2. The molecule has 1 aliphatic rings. The molecule has 0 aliphatic carbocycles. The fourth-order valence-corrected chi connectivity index (χ4v) is 2.32. The summed E-state index contributed by atoms with van der Waals surface area (Å²) in [6.45, 7) is 6.60. The van der Waals surface area contributed by atoms with Gasteiger partial charge in [0.2, 0.25) is 17.7 Å². The Balaban J connectivity index is 2.10. The summed E-state index contributed by atoms with van der Waals surface area (Å²) in [5, 5.41) is 2.80. The minimum atomic E-state index is -0.443. The predicted molar refractivity (Wildman–Crippen MR) is 72.7 cm³/mol. The average molecular weight is 279 g/mol. The number of hydrogen-bond acceptors (Lipinski definition) is 4. The van der Waals surface area contributed by atoms with E-state index in [1.165, 1.54) is 0 Å². The summed E-state index contributed by atoms with van der Waals surface area (Å²) in [6.07, 6.45) is 2.60. The SMILES string of the molecule is Cc1cnc(CN2CCC(=O)NC(CC(C)C)C2=O)o1. The first kappa shape index (κ1) is 14.6. The largest absolute Gasteiger partial charge is 0.444 e. The van der Waals surface area contributed by atoms with E-state index in [-0.39, 0.29) is 11.8 Å². The van der Waals surface area contributed by atoms with Gasteiger partial charge in [0, 0.05) is 13.0 Å². The van der Waals surface area contributed by atoms with Crippen molar-refractivity contribution in [1.82, 2.24) is 15.2 Å². The lowest BCUT2D eigenvalue weighted by atomic mass is 10.0. The Kier molecular flexibility index (Phi) is 4.42. The second-order valence-corrected chi connectivity index (χ2v) is 5.62. The molecule has 1 fully saturated rings. The number of amides is 2. The Morgan fingerprint density at radius 3 is 2.85 bits per heavy atom. The minimum absolute atomic E-state index is 0.0552. The molecule has 1 aromatic heterocycles. The van der Waals surface area contributed by atoms with Crippen LogP contribution in [0.25, 0.3) is 0 Å². The van der Waals surface area contributed by atoms with Crippen LogP contribution in [0.5, 0.6) is 0 Å². The number of aryl methyl sites for hydroxylation is 1. The van der Waals surface area contributed by atoms with Gasteiger partial charge in [-0.05, 0) is 19.3 Å². The molecule has 6 heteroatoms. The van der Waals surface area contributed by atoms with E-state index in [1.54, 1.807) is 11.1 Å². The molecule has 1 aromatic rings. The van der Waals surface area contributed by atoms with Crippen molar-refractivity contribution in [2.75, 3.05) is 6.54 Å². The maximum Gasteiger partial charge on any atom is 0.245 e. The van der Waals surface area contributed by atoms with E-state index in [2.05, 4.69) is 10.3 Å². The molecule has 1 saturated heterocycles. The number of rotatable bonds is 4. The van der Waals surface area contributed by atoms with E-state index in [0.717, 1.165) is 5.76 Å².